The molecule has 0 atom stereocenters. The Morgan fingerprint density at radius 1 is 1.00 bits per heavy atom. The first-order chi connectivity index (χ1) is 5.62. The highest BCUT2D eigenvalue weighted by atomic mass is 127. The van der Waals surface area contributed by atoms with Gasteiger partial charge in [-0.15, -0.1) is 0 Å². The van der Waals surface area contributed by atoms with Crippen LogP contribution >= 0.6 is 0 Å². The van der Waals surface area contributed by atoms with Crippen LogP contribution in [0.5, 0.6) is 0 Å². The number of hydrogen-bond acceptors (Lipinski definition) is 1. The molecule has 13 heavy (non-hydrogen) atoms. The lowest BCUT2D eigenvalue weighted by atomic mass is 10.2. The Morgan fingerprint density at radius 3 is 2.08 bits per heavy atom. The molecule has 0 amide bonds. The average molecular weight is 301 g/mol. The third-order valence-electron chi connectivity index (χ3n) is 2.32. The number of nitrogens with zero attached hydrogens (tertiary/aromatic N) is 1. The predicted octanol–water partition coefficient (Wildman–Crippen LogP) is -1.36. The Balaban J connectivity index is 0. The van der Waals surface area contributed by atoms with Crippen molar-refractivity contribution >= 4 is 0 Å². The van der Waals surface area contributed by atoms with Crippen molar-refractivity contribution in [2.45, 2.75) is 32.6 Å². The van der Waals surface area contributed by atoms with E-state index in [0.29, 0.717) is 6.61 Å². The summed E-state index contributed by atoms with van der Waals surface area (Å²) in [6, 6.07) is 0. The van der Waals surface area contributed by atoms with Crippen molar-refractivity contribution in [2.24, 2.45) is 0 Å². The van der Waals surface area contributed by atoms with Gasteiger partial charge in [-0.3, -0.25) is 0 Å². The molecule has 0 aromatic carbocycles. The van der Waals surface area contributed by atoms with Crippen LogP contribution in [-0.2, 0) is 0 Å². The second-order valence-electron chi connectivity index (χ2n) is 4.17. The summed E-state index contributed by atoms with van der Waals surface area (Å²) in [5, 5.41) is 8.79. The SMILES string of the molecule is CCCCCC[N+](C)(C)CCO.[I-]. The van der Waals surface area contributed by atoms with Gasteiger partial charge >= 0.3 is 0 Å². The van der Waals surface area contributed by atoms with E-state index in [2.05, 4.69) is 21.0 Å². The number of aliphatic hydroxyl groups is 1. The molecule has 3 heteroatoms. The van der Waals surface area contributed by atoms with Crippen LogP contribution in [0.25, 0.3) is 0 Å². The Morgan fingerprint density at radius 2 is 1.62 bits per heavy atom. The van der Waals surface area contributed by atoms with Gasteiger partial charge in [0, 0.05) is 0 Å². The Hall–Kier alpha value is 0.650. The van der Waals surface area contributed by atoms with Crippen molar-refractivity contribution in [3.63, 3.8) is 0 Å². The van der Waals surface area contributed by atoms with Crippen LogP contribution in [0.4, 0.5) is 0 Å². The van der Waals surface area contributed by atoms with Gasteiger partial charge in [0.05, 0.1) is 27.2 Å². The smallest absolute Gasteiger partial charge is 0.102 e. The van der Waals surface area contributed by atoms with Crippen molar-refractivity contribution in [1.29, 1.82) is 0 Å². The molecule has 82 valence electrons. The minimum Gasteiger partial charge on any atom is -1.00 e. The van der Waals surface area contributed by atoms with Crippen LogP contribution in [0.2, 0.25) is 0 Å². The van der Waals surface area contributed by atoms with Crippen LogP contribution in [0.1, 0.15) is 32.6 Å². The minimum absolute atomic E-state index is 0. The number of quaternary nitrogens is 1. The van der Waals surface area contributed by atoms with Crippen LogP contribution in [0.15, 0.2) is 0 Å². The lowest BCUT2D eigenvalue weighted by Crippen LogP contribution is -3.00. The molecule has 0 bridgehead atoms. The van der Waals surface area contributed by atoms with E-state index in [-0.39, 0.29) is 24.0 Å². The highest BCUT2D eigenvalue weighted by Gasteiger charge is 2.12. The van der Waals surface area contributed by atoms with E-state index < -0.39 is 0 Å². The standard InChI is InChI=1S/C10H24NO.HI/c1-4-5-6-7-8-11(2,3)9-10-12;/h12H,4-10H2,1-3H3;1H/q+1;/p-1. The second-order valence-corrected chi connectivity index (χ2v) is 4.17. The summed E-state index contributed by atoms with van der Waals surface area (Å²) < 4.78 is 0.959. The first kappa shape index (κ1) is 16.1. The molecule has 0 saturated carbocycles. The van der Waals surface area contributed by atoms with Crippen molar-refractivity contribution in [2.75, 3.05) is 33.8 Å². The third-order valence-corrected chi connectivity index (χ3v) is 2.32. The first-order valence-corrected chi connectivity index (χ1v) is 5.05. The minimum atomic E-state index is 0. The number of aliphatic hydroxyl groups excluding tert-OH is 1. The van der Waals surface area contributed by atoms with E-state index in [4.69, 9.17) is 5.11 Å². The van der Waals surface area contributed by atoms with E-state index in [9.17, 15) is 0 Å². The first-order valence-electron chi connectivity index (χ1n) is 5.05. The van der Waals surface area contributed by atoms with Gasteiger partial charge in [0.2, 0.25) is 0 Å². The quantitative estimate of drug-likeness (QED) is 0.350. The molecular weight excluding hydrogens is 277 g/mol. The van der Waals surface area contributed by atoms with Gasteiger partial charge in [-0.25, -0.2) is 0 Å². The van der Waals surface area contributed by atoms with E-state index in [1.54, 1.807) is 0 Å². The molecular formula is C10H24INO. The van der Waals surface area contributed by atoms with Crippen LogP contribution in [-0.4, -0.2) is 43.4 Å². The second kappa shape index (κ2) is 9.21. The average Bonchev–Trinajstić information content (AvgIpc) is 1.98. The molecule has 0 aromatic heterocycles. The summed E-state index contributed by atoms with van der Waals surface area (Å²) >= 11 is 0. The Bertz CT molecular complexity index is 107. The van der Waals surface area contributed by atoms with Gasteiger partial charge in [0.25, 0.3) is 0 Å². The number of hydrogen-bond donors (Lipinski definition) is 1. The molecule has 0 spiro atoms. The molecule has 0 fully saturated rings. The zero-order valence-corrected chi connectivity index (χ0v) is 11.4. The van der Waals surface area contributed by atoms with Gasteiger partial charge < -0.3 is 33.6 Å². The Kier molecular flexibility index (Phi) is 11.4. The topological polar surface area (TPSA) is 20.2 Å². The lowest BCUT2D eigenvalue weighted by molar-refractivity contribution is -0.890. The zero-order chi connectivity index (χ0) is 9.45. The van der Waals surface area contributed by atoms with Crippen LogP contribution in [0.3, 0.4) is 0 Å². The molecule has 1 N–H and O–H groups in total. The maximum atomic E-state index is 8.79. The maximum Gasteiger partial charge on any atom is 0.102 e. The van der Waals surface area contributed by atoms with Gasteiger partial charge in [0.15, 0.2) is 0 Å². The van der Waals surface area contributed by atoms with Gasteiger partial charge in [0.1, 0.15) is 6.54 Å². The molecule has 0 rings (SSSR count). The van der Waals surface area contributed by atoms with Gasteiger partial charge in [-0.2, -0.15) is 0 Å². The summed E-state index contributed by atoms with van der Waals surface area (Å²) in [6.07, 6.45) is 5.27. The monoisotopic (exact) mass is 301 g/mol. The fourth-order valence-electron chi connectivity index (χ4n) is 1.35. The number of halogens is 1. The summed E-state index contributed by atoms with van der Waals surface area (Å²) in [6.45, 7) is 4.61. The van der Waals surface area contributed by atoms with E-state index in [1.165, 1.54) is 32.2 Å². The fourth-order valence-corrected chi connectivity index (χ4v) is 1.35. The van der Waals surface area contributed by atoms with Crippen molar-refractivity contribution in [3.05, 3.63) is 0 Å². The number of likely N-dealkylation sites (N-methyl/N-ethyl adjacent to an activating group) is 1. The van der Waals surface area contributed by atoms with E-state index >= 15 is 0 Å². The summed E-state index contributed by atoms with van der Waals surface area (Å²) in [7, 11) is 4.37. The molecule has 0 saturated heterocycles. The third kappa shape index (κ3) is 10.6. The number of rotatable bonds is 7. The highest BCUT2D eigenvalue weighted by molar-refractivity contribution is 4.40. The van der Waals surface area contributed by atoms with Crippen LogP contribution in [0, 0.1) is 0 Å². The normalized spacial score (nSPS) is 11.1. The molecule has 0 aromatic rings. The highest BCUT2D eigenvalue weighted by Crippen LogP contribution is 2.04. The molecule has 0 unspecified atom stereocenters. The van der Waals surface area contributed by atoms with Crippen molar-refractivity contribution < 1.29 is 33.6 Å². The lowest BCUT2D eigenvalue weighted by Gasteiger charge is -2.28. The molecule has 0 aliphatic carbocycles. The number of unbranched alkanes of at least 4 members (excludes halogenated alkanes) is 3. The molecule has 0 aliphatic heterocycles. The van der Waals surface area contributed by atoms with Crippen LogP contribution < -0.4 is 24.0 Å². The van der Waals surface area contributed by atoms with E-state index in [0.717, 1.165) is 11.0 Å². The van der Waals surface area contributed by atoms with Crippen molar-refractivity contribution in [1.82, 2.24) is 0 Å². The summed E-state index contributed by atoms with van der Waals surface area (Å²) in [5.74, 6) is 0. The Labute approximate surface area is 99.9 Å². The largest absolute Gasteiger partial charge is 1.00 e. The van der Waals surface area contributed by atoms with Gasteiger partial charge in [-0.1, -0.05) is 19.8 Å². The van der Waals surface area contributed by atoms with Crippen molar-refractivity contribution in [3.8, 4) is 0 Å². The molecule has 0 radical (unpaired) electrons. The van der Waals surface area contributed by atoms with Gasteiger partial charge in [-0.05, 0) is 12.8 Å². The zero-order valence-electron chi connectivity index (χ0n) is 9.22. The predicted molar refractivity (Wildman–Crippen MR) is 53.1 cm³/mol. The fraction of sp³-hybridized carbons (Fsp3) is 1.00. The summed E-state index contributed by atoms with van der Waals surface area (Å²) in [5.41, 5.74) is 0. The maximum absolute atomic E-state index is 8.79. The van der Waals surface area contributed by atoms with E-state index in [1.807, 2.05) is 0 Å². The molecule has 0 heterocycles. The molecule has 0 aliphatic rings. The molecule has 2 nitrogen and oxygen atoms in total. The summed E-state index contributed by atoms with van der Waals surface area (Å²) in [4.78, 5) is 0.